The Morgan fingerprint density at radius 2 is 1.88 bits per heavy atom. The fraction of sp³-hybridized carbons (Fsp3) is 0.0417. The van der Waals surface area contributed by atoms with E-state index in [1.807, 2.05) is 24.3 Å². The zero-order valence-electron chi connectivity index (χ0n) is 16.7. The van der Waals surface area contributed by atoms with E-state index in [1.165, 1.54) is 24.3 Å². The van der Waals surface area contributed by atoms with Gasteiger partial charge in [0.15, 0.2) is 5.58 Å². The van der Waals surface area contributed by atoms with E-state index in [0.29, 0.717) is 33.5 Å². The molecule has 0 aliphatic rings. The van der Waals surface area contributed by atoms with E-state index in [4.69, 9.17) is 9.52 Å². The maximum absolute atomic E-state index is 13.2. The van der Waals surface area contributed by atoms with Crippen LogP contribution in [0, 0.1) is 5.82 Å². The van der Waals surface area contributed by atoms with Crippen molar-refractivity contribution in [1.29, 1.82) is 0 Å². The van der Waals surface area contributed by atoms with Crippen LogP contribution in [0.3, 0.4) is 0 Å². The third-order valence-electron chi connectivity index (χ3n) is 4.66. The van der Waals surface area contributed by atoms with Crippen molar-refractivity contribution < 1.29 is 23.5 Å². The summed E-state index contributed by atoms with van der Waals surface area (Å²) in [6, 6.07) is 16.5. The Morgan fingerprint density at radius 3 is 2.59 bits per heavy atom. The summed E-state index contributed by atoms with van der Waals surface area (Å²) in [5.41, 5.74) is 3.88. The molecular weight excluding hydrogens is 430 g/mol. The molecule has 0 spiro atoms. The summed E-state index contributed by atoms with van der Waals surface area (Å²) < 4.78 is 18.9. The van der Waals surface area contributed by atoms with Crippen LogP contribution in [-0.4, -0.2) is 22.0 Å². The Morgan fingerprint density at radius 1 is 1.09 bits per heavy atom. The van der Waals surface area contributed by atoms with Gasteiger partial charge in [0, 0.05) is 17.3 Å². The lowest BCUT2D eigenvalue weighted by atomic mass is 10.1. The highest BCUT2D eigenvalue weighted by Gasteiger charge is 2.10. The highest BCUT2D eigenvalue weighted by Crippen LogP contribution is 2.25. The molecule has 1 heterocycles. The van der Waals surface area contributed by atoms with E-state index in [1.54, 1.807) is 24.3 Å². The standard InChI is InChI=1S/C24H18FN2O4P/c25-17-7-8-18(21(32)13-17)26-22(28)10-4-14-1-5-16(6-2-14)24-27-19-11-15(12-23(29)30)3-9-20(19)31-24/h1-11,13H,12,32H2,(H,26,28)(H,29,30)/b10-4+. The Balaban J connectivity index is 1.45. The number of carboxylic acids is 1. The second-order valence-corrected chi connectivity index (χ2v) is 7.69. The number of hydrogen-bond acceptors (Lipinski definition) is 4. The number of carbonyl (C=O) groups is 2. The van der Waals surface area contributed by atoms with Crippen LogP contribution in [-0.2, 0) is 16.0 Å². The minimum absolute atomic E-state index is 0.0771. The van der Waals surface area contributed by atoms with Gasteiger partial charge in [-0.15, -0.1) is 9.24 Å². The van der Waals surface area contributed by atoms with Gasteiger partial charge in [-0.3, -0.25) is 9.59 Å². The molecule has 1 aromatic heterocycles. The topological polar surface area (TPSA) is 92.4 Å². The van der Waals surface area contributed by atoms with Gasteiger partial charge in [-0.2, -0.15) is 0 Å². The maximum atomic E-state index is 13.2. The molecule has 1 atom stereocenters. The summed E-state index contributed by atoms with van der Waals surface area (Å²) in [6.45, 7) is 0. The highest BCUT2D eigenvalue weighted by atomic mass is 31.0. The first kappa shape index (κ1) is 21.4. The number of nitrogens with zero attached hydrogens (tertiary/aromatic N) is 1. The van der Waals surface area contributed by atoms with Crippen molar-refractivity contribution in [2.45, 2.75) is 6.42 Å². The van der Waals surface area contributed by atoms with Gasteiger partial charge in [-0.1, -0.05) is 18.2 Å². The van der Waals surface area contributed by atoms with Crippen LogP contribution in [0.5, 0.6) is 0 Å². The normalized spacial score (nSPS) is 11.2. The van der Waals surface area contributed by atoms with Gasteiger partial charge in [0.1, 0.15) is 11.3 Å². The molecule has 0 radical (unpaired) electrons. The Bertz CT molecular complexity index is 1350. The number of anilines is 1. The van der Waals surface area contributed by atoms with Crippen molar-refractivity contribution in [1.82, 2.24) is 4.98 Å². The molecule has 8 heteroatoms. The van der Waals surface area contributed by atoms with Crippen molar-refractivity contribution >= 4 is 49.3 Å². The van der Waals surface area contributed by atoms with Crippen LogP contribution in [0.1, 0.15) is 11.1 Å². The quantitative estimate of drug-likeness (QED) is 0.337. The lowest BCUT2D eigenvalue weighted by Crippen LogP contribution is -2.13. The van der Waals surface area contributed by atoms with Crippen LogP contribution >= 0.6 is 9.24 Å². The molecule has 3 aromatic carbocycles. The van der Waals surface area contributed by atoms with Crippen molar-refractivity contribution in [2.24, 2.45) is 0 Å². The number of amides is 1. The van der Waals surface area contributed by atoms with Gasteiger partial charge in [0.2, 0.25) is 11.8 Å². The Labute approximate surface area is 185 Å². The van der Waals surface area contributed by atoms with Gasteiger partial charge in [-0.25, -0.2) is 9.37 Å². The molecule has 0 aliphatic heterocycles. The number of halogens is 1. The summed E-state index contributed by atoms with van der Waals surface area (Å²) >= 11 is 0. The first-order valence-electron chi connectivity index (χ1n) is 9.63. The molecule has 0 aliphatic carbocycles. The smallest absolute Gasteiger partial charge is 0.307 e. The van der Waals surface area contributed by atoms with Crippen LogP contribution in [0.2, 0.25) is 0 Å². The summed E-state index contributed by atoms with van der Waals surface area (Å²) in [4.78, 5) is 27.5. The lowest BCUT2D eigenvalue weighted by Gasteiger charge is -2.05. The lowest BCUT2D eigenvalue weighted by molar-refractivity contribution is -0.136. The van der Waals surface area contributed by atoms with Crippen LogP contribution in [0.15, 0.2) is 71.2 Å². The number of aliphatic carboxylic acids is 1. The van der Waals surface area contributed by atoms with Crippen molar-refractivity contribution in [3.05, 3.63) is 83.7 Å². The maximum Gasteiger partial charge on any atom is 0.307 e. The average molecular weight is 448 g/mol. The van der Waals surface area contributed by atoms with E-state index in [-0.39, 0.29) is 18.1 Å². The fourth-order valence-electron chi connectivity index (χ4n) is 3.11. The predicted molar refractivity (Wildman–Crippen MR) is 124 cm³/mol. The SMILES string of the molecule is O=C(O)Cc1ccc2oc(-c3ccc(/C=C/C(=O)Nc4ccc(F)cc4P)cc3)nc2c1. The number of hydrogen-bond donors (Lipinski definition) is 2. The number of rotatable bonds is 6. The molecular formula is C24H18FN2O4P. The van der Waals surface area contributed by atoms with Gasteiger partial charge in [0.05, 0.1) is 6.42 Å². The third-order valence-corrected chi connectivity index (χ3v) is 5.14. The molecule has 0 saturated heterocycles. The second kappa shape index (κ2) is 9.12. The predicted octanol–water partition coefficient (Wildman–Crippen LogP) is 4.41. The second-order valence-electron chi connectivity index (χ2n) is 7.07. The first-order valence-corrected chi connectivity index (χ1v) is 10.2. The van der Waals surface area contributed by atoms with E-state index in [0.717, 1.165) is 11.1 Å². The molecule has 0 bridgehead atoms. The van der Waals surface area contributed by atoms with Gasteiger partial charge in [0.25, 0.3) is 0 Å². The summed E-state index contributed by atoms with van der Waals surface area (Å²) in [5, 5.41) is 12.2. The number of fused-ring (bicyclic) bond motifs is 1. The number of nitrogens with one attached hydrogen (secondary N) is 1. The van der Waals surface area contributed by atoms with Crippen molar-refractivity contribution in [3.63, 3.8) is 0 Å². The Kier molecular flexibility index (Phi) is 6.10. The molecule has 4 rings (SSSR count). The fourth-order valence-corrected chi connectivity index (χ4v) is 3.44. The van der Waals surface area contributed by atoms with Crippen molar-refractivity contribution in [2.75, 3.05) is 5.32 Å². The Hall–Kier alpha value is -3.83. The molecule has 1 unspecified atom stereocenters. The number of aromatic nitrogens is 1. The number of oxazole rings is 1. The van der Waals surface area contributed by atoms with Gasteiger partial charge >= 0.3 is 5.97 Å². The first-order chi connectivity index (χ1) is 15.4. The van der Waals surface area contributed by atoms with E-state index in [2.05, 4.69) is 19.5 Å². The molecule has 1 amide bonds. The molecule has 2 N–H and O–H groups in total. The van der Waals surface area contributed by atoms with E-state index < -0.39 is 5.97 Å². The number of benzene rings is 3. The minimum atomic E-state index is -0.905. The van der Waals surface area contributed by atoms with Crippen LogP contribution < -0.4 is 10.6 Å². The minimum Gasteiger partial charge on any atom is -0.481 e. The third kappa shape index (κ3) is 5.07. The zero-order chi connectivity index (χ0) is 22.7. The summed E-state index contributed by atoms with van der Waals surface area (Å²) in [5.74, 6) is -1.19. The van der Waals surface area contributed by atoms with E-state index >= 15 is 0 Å². The molecule has 0 fully saturated rings. The van der Waals surface area contributed by atoms with Gasteiger partial charge < -0.3 is 14.8 Å². The molecule has 160 valence electrons. The number of carboxylic acid groups (broad SMARTS) is 1. The summed E-state index contributed by atoms with van der Waals surface area (Å²) in [6.07, 6.45) is 2.98. The van der Waals surface area contributed by atoms with E-state index in [9.17, 15) is 14.0 Å². The van der Waals surface area contributed by atoms with Crippen molar-refractivity contribution in [3.8, 4) is 11.5 Å². The summed E-state index contributed by atoms with van der Waals surface area (Å²) in [7, 11) is 2.38. The molecule has 4 aromatic rings. The zero-order valence-corrected chi connectivity index (χ0v) is 17.9. The number of carbonyl (C=O) groups excluding carboxylic acids is 1. The largest absolute Gasteiger partial charge is 0.481 e. The highest BCUT2D eigenvalue weighted by molar-refractivity contribution is 7.28. The molecule has 0 saturated carbocycles. The molecule has 6 nitrogen and oxygen atoms in total. The van der Waals surface area contributed by atoms with Gasteiger partial charge in [-0.05, 0) is 65.0 Å². The molecule has 32 heavy (non-hydrogen) atoms. The van der Waals surface area contributed by atoms with Crippen LogP contribution in [0.25, 0.3) is 28.6 Å². The monoisotopic (exact) mass is 448 g/mol. The average Bonchev–Trinajstić information content (AvgIpc) is 3.17. The van der Waals surface area contributed by atoms with Crippen LogP contribution in [0.4, 0.5) is 10.1 Å².